The Balaban J connectivity index is 1.66. The number of carbonyl (C=O) groups excluding carboxylic acids is 1. The van der Waals surface area contributed by atoms with E-state index in [0.29, 0.717) is 24.4 Å². The quantitative estimate of drug-likeness (QED) is 0.839. The zero-order valence-electron chi connectivity index (χ0n) is 12.2. The van der Waals surface area contributed by atoms with E-state index >= 15 is 0 Å². The second-order valence-electron chi connectivity index (χ2n) is 6.00. The van der Waals surface area contributed by atoms with E-state index in [1.54, 1.807) is 12.1 Å². The molecule has 1 aliphatic carbocycles. The highest BCUT2D eigenvalue weighted by Crippen LogP contribution is 2.36. The highest BCUT2D eigenvalue weighted by Gasteiger charge is 2.30. The van der Waals surface area contributed by atoms with Crippen molar-refractivity contribution in [2.75, 3.05) is 13.1 Å². The molecule has 0 radical (unpaired) electrons. The van der Waals surface area contributed by atoms with Gasteiger partial charge in [-0.05, 0) is 42.4 Å². The first-order chi connectivity index (χ1) is 9.54. The lowest BCUT2D eigenvalue weighted by Gasteiger charge is -2.36. The number of halogens is 1. The Morgan fingerprint density at radius 3 is 2.80 bits per heavy atom. The lowest BCUT2D eigenvalue weighted by Crippen LogP contribution is -2.45. The third-order valence-corrected chi connectivity index (χ3v) is 3.72. The third-order valence-electron chi connectivity index (χ3n) is 3.72. The van der Waals surface area contributed by atoms with Gasteiger partial charge in [-0.3, -0.25) is 4.79 Å². The van der Waals surface area contributed by atoms with E-state index in [2.05, 4.69) is 24.5 Å². The molecule has 0 atom stereocenters. The van der Waals surface area contributed by atoms with Crippen LogP contribution >= 0.6 is 0 Å². The van der Waals surface area contributed by atoms with Crippen molar-refractivity contribution in [1.29, 1.82) is 0 Å². The van der Waals surface area contributed by atoms with Crippen molar-refractivity contribution in [3.05, 3.63) is 35.6 Å². The Kier molecular flexibility index (Phi) is 5.12. The summed E-state index contributed by atoms with van der Waals surface area (Å²) in [6.45, 7) is 5.23. The van der Waals surface area contributed by atoms with Crippen molar-refractivity contribution >= 4 is 5.91 Å². The van der Waals surface area contributed by atoms with Gasteiger partial charge in [-0.25, -0.2) is 4.39 Å². The maximum absolute atomic E-state index is 13.1. The van der Waals surface area contributed by atoms with Crippen molar-refractivity contribution in [1.82, 2.24) is 10.6 Å². The van der Waals surface area contributed by atoms with Crippen LogP contribution in [0.1, 0.15) is 38.2 Å². The summed E-state index contributed by atoms with van der Waals surface area (Å²) in [4.78, 5) is 11.6. The second kappa shape index (κ2) is 6.84. The Morgan fingerprint density at radius 2 is 2.15 bits per heavy atom. The Bertz CT molecular complexity index is 456. The molecule has 4 heteroatoms. The normalized spacial score (nSPS) is 21.6. The summed E-state index contributed by atoms with van der Waals surface area (Å²) in [5.74, 6) is 0.766. The van der Waals surface area contributed by atoms with Crippen LogP contribution in [0.5, 0.6) is 0 Å². The van der Waals surface area contributed by atoms with E-state index in [1.165, 1.54) is 6.07 Å². The summed E-state index contributed by atoms with van der Waals surface area (Å²) in [5, 5.41) is 6.14. The molecule has 1 saturated carbocycles. The molecule has 1 aromatic rings. The zero-order valence-corrected chi connectivity index (χ0v) is 12.2. The molecule has 1 amide bonds. The molecular weight excluding hydrogens is 255 g/mol. The number of rotatable bonds is 6. The van der Waals surface area contributed by atoms with Gasteiger partial charge >= 0.3 is 0 Å². The minimum absolute atomic E-state index is 0.0490. The molecule has 110 valence electrons. The molecule has 0 aliphatic heterocycles. The van der Waals surface area contributed by atoms with Gasteiger partial charge in [-0.1, -0.05) is 26.0 Å². The maximum Gasteiger partial charge on any atom is 0.233 e. The number of carbonyl (C=O) groups is 1. The lowest BCUT2D eigenvalue weighted by molar-refractivity contribution is -0.120. The molecule has 0 spiro atoms. The minimum Gasteiger partial charge on any atom is -0.355 e. The molecule has 2 N–H and O–H groups in total. The summed E-state index contributed by atoms with van der Waals surface area (Å²) in [6.07, 6.45) is 1.95. The van der Waals surface area contributed by atoms with Gasteiger partial charge in [0, 0.05) is 12.6 Å². The van der Waals surface area contributed by atoms with Crippen LogP contribution in [-0.2, 0) is 4.79 Å². The number of hydrogen-bond donors (Lipinski definition) is 2. The largest absolute Gasteiger partial charge is 0.355 e. The molecule has 20 heavy (non-hydrogen) atoms. The van der Waals surface area contributed by atoms with Crippen molar-refractivity contribution in [3.8, 4) is 0 Å². The Morgan fingerprint density at radius 1 is 1.40 bits per heavy atom. The second-order valence-corrected chi connectivity index (χ2v) is 6.00. The van der Waals surface area contributed by atoms with Gasteiger partial charge in [-0.2, -0.15) is 0 Å². The molecule has 0 aromatic heterocycles. The Labute approximate surface area is 120 Å². The Hall–Kier alpha value is -1.42. The van der Waals surface area contributed by atoms with Crippen LogP contribution in [0.3, 0.4) is 0 Å². The zero-order chi connectivity index (χ0) is 14.5. The highest BCUT2D eigenvalue weighted by atomic mass is 19.1. The van der Waals surface area contributed by atoms with E-state index in [4.69, 9.17) is 0 Å². The number of benzene rings is 1. The monoisotopic (exact) mass is 278 g/mol. The van der Waals surface area contributed by atoms with Gasteiger partial charge in [0.1, 0.15) is 5.82 Å². The van der Waals surface area contributed by atoms with Crippen LogP contribution < -0.4 is 10.6 Å². The van der Waals surface area contributed by atoms with Crippen LogP contribution in [0.25, 0.3) is 0 Å². The highest BCUT2D eigenvalue weighted by molar-refractivity contribution is 5.78. The summed E-state index contributed by atoms with van der Waals surface area (Å²) in [5.41, 5.74) is 1.06. The summed E-state index contributed by atoms with van der Waals surface area (Å²) in [7, 11) is 0. The van der Waals surface area contributed by atoms with Crippen LogP contribution in [0.2, 0.25) is 0 Å². The molecule has 2 rings (SSSR count). The molecule has 0 bridgehead atoms. The van der Waals surface area contributed by atoms with Crippen molar-refractivity contribution in [2.45, 2.75) is 38.6 Å². The topological polar surface area (TPSA) is 41.1 Å². The van der Waals surface area contributed by atoms with E-state index in [9.17, 15) is 9.18 Å². The first-order valence-electron chi connectivity index (χ1n) is 7.30. The van der Waals surface area contributed by atoms with Crippen LogP contribution in [0, 0.1) is 11.7 Å². The molecule has 0 saturated heterocycles. The summed E-state index contributed by atoms with van der Waals surface area (Å²) < 4.78 is 13.1. The SMILES string of the molecule is CC(C)CNC(=O)CNC1CC(c2cccc(F)c2)C1. The van der Waals surface area contributed by atoms with Gasteiger partial charge in [0.15, 0.2) is 0 Å². The van der Waals surface area contributed by atoms with Gasteiger partial charge in [0.05, 0.1) is 6.54 Å². The minimum atomic E-state index is -0.174. The summed E-state index contributed by atoms with van der Waals surface area (Å²) in [6, 6.07) is 7.17. The molecule has 1 fully saturated rings. The fourth-order valence-corrected chi connectivity index (χ4v) is 2.43. The van der Waals surface area contributed by atoms with Gasteiger partial charge in [0.25, 0.3) is 0 Å². The van der Waals surface area contributed by atoms with E-state index in [-0.39, 0.29) is 11.7 Å². The predicted molar refractivity (Wildman–Crippen MR) is 78.0 cm³/mol. The van der Waals surface area contributed by atoms with Gasteiger partial charge < -0.3 is 10.6 Å². The first-order valence-corrected chi connectivity index (χ1v) is 7.30. The molecule has 1 aliphatic rings. The standard InChI is InChI=1S/C16H23FN2O/c1-11(2)9-19-16(20)10-18-15-7-13(8-15)12-4-3-5-14(17)6-12/h3-6,11,13,15,18H,7-10H2,1-2H3,(H,19,20). The smallest absolute Gasteiger partial charge is 0.233 e. The third kappa shape index (κ3) is 4.30. The van der Waals surface area contributed by atoms with Gasteiger partial charge in [0.2, 0.25) is 5.91 Å². The fourth-order valence-electron chi connectivity index (χ4n) is 2.43. The molecule has 0 heterocycles. The average Bonchev–Trinajstić information content (AvgIpc) is 2.34. The summed E-state index contributed by atoms with van der Waals surface area (Å²) >= 11 is 0. The van der Waals surface area contributed by atoms with E-state index in [1.807, 2.05) is 6.07 Å². The predicted octanol–water partition coefficient (Wildman–Crippen LogP) is 2.43. The van der Waals surface area contributed by atoms with Crippen molar-refractivity contribution in [2.24, 2.45) is 5.92 Å². The van der Waals surface area contributed by atoms with Crippen molar-refractivity contribution < 1.29 is 9.18 Å². The number of nitrogens with one attached hydrogen (secondary N) is 2. The fraction of sp³-hybridized carbons (Fsp3) is 0.562. The van der Waals surface area contributed by atoms with E-state index in [0.717, 1.165) is 24.9 Å². The molecule has 0 unspecified atom stereocenters. The molecule has 3 nitrogen and oxygen atoms in total. The van der Waals surface area contributed by atoms with Crippen LogP contribution in [0.15, 0.2) is 24.3 Å². The first kappa shape index (κ1) is 15.0. The van der Waals surface area contributed by atoms with Crippen LogP contribution in [0.4, 0.5) is 4.39 Å². The number of amides is 1. The molecular formula is C16H23FN2O. The van der Waals surface area contributed by atoms with Crippen molar-refractivity contribution in [3.63, 3.8) is 0 Å². The maximum atomic E-state index is 13.1. The lowest BCUT2D eigenvalue weighted by atomic mass is 9.76. The van der Waals surface area contributed by atoms with Gasteiger partial charge in [-0.15, -0.1) is 0 Å². The molecule has 1 aromatic carbocycles. The average molecular weight is 278 g/mol. The number of hydrogen-bond acceptors (Lipinski definition) is 2. The van der Waals surface area contributed by atoms with E-state index < -0.39 is 0 Å². The van der Waals surface area contributed by atoms with Crippen LogP contribution in [-0.4, -0.2) is 25.0 Å².